The number of nitrogens with one attached hydrogen (secondary N) is 2. The molecule has 1 saturated heterocycles. The predicted molar refractivity (Wildman–Crippen MR) is 99.0 cm³/mol. The van der Waals surface area contributed by atoms with Gasteiger partial charge in [0.15, 0.2) is 0 Å². The molecule has 1 amide bonds. The number of hydrogen-bond donors (Lipinski definition) is 3. The molecule has 0 bridgehead atoms. The van der Waals surface area contributed by atoms with Crippen LogP contribution in [0.3, 0.4) is 0 Å². The SMILES string of the molecule is CC(C)(C)C1C(Nc2nc3ccccc3c3[nH]ccc23)CN1C(=O)O. The molecule has 0 aliphatic carbocycles. The molecule has 0 radical (unpaired) electrons. The van der Waals surface area contributed by atoms with Crippen molar-refractivity contribution in [1.29, 1.82) is 0 Å². The Hall–Kier alpha value is -2.76. The van der Waals surface area contributed by atoms with Crippen molar-refractivity contribution in [3.63, 3.8) is 0 Å². The van der Waals surface area contributed by atoms with Crippen molar-refractivity contribution >= 4 is 33.7 Å². The van der Waals surface area contributed by atoms with Crippen LogP contribution in [0.2, 0.25) is 0 Å². The number of hydrogen-bond acceptors (Lipinski definition) is 3. The van der Waals surface area contributed by atoms with Crippen LogP contribution in [0.1, 0.15) is 20.8 Å². The fraction of sp³-hybridized carbons (Fsp3) is 0.368. The average Bonchev–Trinajstić information content (AvgIpc) is 2.98. The molecular formula is C19H22N4O2. The van der Waals surface area contributed by atoms with Gasteiger partial charge >= 0.3 is 6.09 Å². The summed E-state index contributed by atoms with van der Waals surface area (Å²) in [7, 11) is 0. The fourth-order valence-electron chi connectivity index (χ4n) is 3.94. The van der Waals surface area contributed by atoms with Gasteiger partial charge in [-0.2, -0.15) is 0 Å². The number of pyridine rings is 1. The van der Waals surface area contributed by atoms with Crippen LogP contribution in [0.25, 0.3) is 21.8 Å². The maximum atomic E-state index is 11.5. The number of aromatic amines is 1. The Morgan fingerprint density at radius 2 is 2.04 bits per heavy atom. The minimum Gasteiger partial charge on any atom is -0.465 e. The molecule has 1 aliphatic rings. The second-order valence-electron chi connectivity index (χ2n) is 7.74. The van der Waals surface area contributed by atoms with E-state index in [2.05, 4.69) is 37.1 Å². The lowest BCUT2D eigenvalue weighted by molar-refractivity contribution is 0.00824. The second-order valence-corrected chi connectivity index (χ2v) is 7.74. The van der Waals surface area contributed by atoms with Crippen LogP contribution < -0.4 is 5.32 Å². The first kappa shape index (κ1) is 15.7. The van der Waals surface area contributed by atoms with Gasteiger partial charge in [0, 0.05) is 23.5 Å². The van der Waals surface area contributed by atoms with E-state index < -0.39 is 6.09 Å². The van der Waals surface area contributed by atoms with E-state index in [1.165, 1.54) is 4.90 Å². The number of nitrogens with zero attached hydrogens (tertiary/aromatic N) is 2. The lowest BCUT2D eigenvalue weighted by Crippen LogP contribution is -2.69. The van der Waals surface area contributed by atoms with E-state index in [4.69, 9.17) is 4.98 Å². The third-order valence-electron chi connectivity index (χ3n) is 4.97. The molecule has 3 aromatic rings. The summed E-state index contributed by atoms with van der Waals surface area (Å²) in [6, 6.07) is 9.99. The van der Waals surface area contributed by atoms with Crippen molar-refractivity contribution in [1.82, 2.24) is 14.9 Å². The Morgan fingerprint density at radius 1 is 1.28 bits per heavy atom. The number of carbonyl (C=O) groups is 1. The molecule has 4 rings (SSSR count). The zero-order valence-corrected chi connectivity index (χ0v) is 14.6. The highest BCUT2D eigenvalue weighted by atomic mass is 16.4. The van der Waals surface area contributed by atoms with Crippen molar-refractivity contribution in [2.24, 2.45) is 5.41 Å². The van der Waals surface area contributed by atoms with E-state index in [1.807, 2.05) is 30.5 Å². The summed E-state index contributed by atoms with van der Waals surface area (Å²) in [5, 5.41) is 15.0. The van der Waals surface area contributed by atoms with Gasteiger partial charge in [0.2, 0.25) is 0 Å². The summed E-state index contributed by atoms with van der Waals surface area (Å²) in [5.41, 5.74) is 1.82. The van der Waals surface area contributed by atoms with Gasteiger partial charge in [-0.05, 0) is 17.5 Å². The molecule has 0 saturated carbocycles. The Bertz CT molecular complexity index is 957. The number of benzene rings is 1. The van der Waals surface area contributed by atoms with Crippen LogP contribution >= 0.6 is 0 Å². The monoisotopic (exact) mass is 338 g/mol. The van der Waals surface area contributed by atoms with E-state index in [0.717, 1.165) is 27.6 Å². The van der Waals surface area contributed by atoms with Gasteiger partial charge in [0.25, 0.3) is 0 Å². The summed E-state index contributed by atoms with van der Waals surface area (Å²) < 4.78 is 0. The molecule has 1 aromatic carbocycles. The molecule has 2 aromatic heterocycles. The molecule has 6 heteroatoms. The number of fused-ring (bicyclic) bond motifs is 3. The third-order valence-corrected chi connectivity index (χ3v) is 4.97. The summed E-state index contributed by atoms with van der Waals surface area (Å²) >= 11 is 0. The minimum absolute atomic E-state index is 0.0443. The smallest absolute Gasteiger partial charge is 0.407 e. The first-order valence-electron chi connectivity index (χ1n) is 8.48. The zero-order chi connectivity index (χ0) is 17.8. The summed E-state index contributed by atoms with van der Waals surface area (Å²) in [4.78, 5) is 21.0. The average molecular weight is 338 g/mol. The van der Waals surface area contributed by atoms with Gasteiger partial charge in [-0.25, -0.2) is 9.78 Å². The number of likely N-dealkylation sites (tertiary alicyclic amines) is 1. The topological polar surface area (TPSA) is 81.2 Å². The van der Waals surface area contributed by atoms with Gasteiger partial charge < -0.3 is 20.3 Å². The van der Waals surface area contributed by atoms with E-state index in [0.29, 0.717) is 6.54 Å². The standard InChI is InChI=1S/C19H22N4O2/c1-19(2,3)16-14(10-23(16)18(24)25)22-17-12-8-9-20-15(12)11-6-4-5-7-13(11)21-17/h4-9,14,16,20H,10H2,1-3H3,(H,21,22)(H,24,25). The number of H-pyrrole nitrogens is 1. The minimum atomic E-state index is -0.865. The molecule has 25 heavy (non-hydrogen) atoms. The lowest BCUT2D eigenvalue weighted by atomic mass is 9.76. The Labute approximate surface area is 145 Å². The Kier molecular flexibility index (Phi) is 3.39. The number of para-hydroxylation sites is 1. The summed E-state index contributed by atoms with van der Waals surface area (Å²) in [6.07, 6.45) is 1.05. The Balaban J connectivity index is 1.73. The van der Waals surface area contributed by atoms with Crippen LogP contribution in [-0.4, -0.2) is 44.7 Å². The van der Waals surface area contributed by atoms with Gasteiger partial charge in [-0.1, -0.05) is 39.0 Å². The number of anilines is 1. The quantitative estimate of drug-likeness (QED) is 0.662. The highest BCUT2D eigenvalue weighted by molar-refractivity contribution is 6.08. The fourth-order valence-corrected chi connectivity index (χ4v) is 3.94. The van der Waals surface area contributed by atoms with Gasteiger partial charge in [0.05, 0.1) is 23.1 Å². The van der Waals surface area contributed by atoms with Crippen molar-refractivity contribution in [2.45, 2.75) is 32.9 Å². The van der Waals surface area contributed by atoms with Crippen molar-refractivity contribution < 1.29 is 9.90 Å². The summed E-state index contributed by atoms with van der Waals surface area (Å²) in [6.45, 7) is 6.68. The lowest BCUT2D eigenvalue weighted by Gasteiger charge is -2.53. The van der Waals surface area contributed by atoms with Gasteiger partial charge in [-0.3, -0.25) is 0 Å². The maximum Gasteiger partial charge on any atom is 0.407 e. The van der Waals surface area contributed by atoms with Crippen LogP contribution in [0, 0.1) is 5.41 Å². The second kappa shape index (κ2) is 5.37. The molecule has 6 nitrogen and oxygen atoms in total. The normalized spacial score (nSPS) is 20.7. The molecule has 1 fully saturated rings. The van der Waals surface area contributed by atoms with E-state index in [-0.39, 0.29) is 17.5 Å². The maximum absolute atomic E-state index is 11.5. The van der Waals surface area contributed by atoms with Crippen LogP contribution in [0.5, 0.6) is 0 Å². The molecule has 130 valence electrons. The predicted octanol–water partition coefficient (Wildman–Crippen LogP) is 3.90. The molecule has 0 spiro atoms. The van der Waals surface area contributed by atoms with Crippen molar-refractivity contribution in [3.8, 4) is 0 Å². The number of aromatic nitrogens is 2. The van der Waals surface area contributed by atoms with E-state index >= 15 is 0 Å². The van der Waals surface area contributed by atoms with Crippen molar-refractivity contribution in [3.05, 3.63) is 36.5 Å². The molecule has 2 unspecified atom stereocenters. The molecular weight excluding hydrogens is 316 g/mol. The Morgan fingerprint density at radius 3 is 2.76 bits per heavy atom. The molecule has 3 N–H and O–H groups in total. The van der Waals surface area contributed by atoms with E-state index in [9.17, 15) is 9.90 Å². The van der Waals surface area contributed by atoms with Crippen LogP contribution in [0.15, 0.2) is 36.5 Å². The number of rotatable bonds is 2. The number of carboxylic acid groups (broad SMARTS) is 1. The first-order chi connectivity index (χ1) is 11.9. The summed E-state index contributed by atoms with van der Waals surface area (Å²) in [5.74, 6) is 0.805. The van der Waals surface area contributed by atoms with Gasteiger partial charge in [-0.15, -0.1) is 0 Å². The zero-order valence-electron chi connectivity index (χ0n) is 14.6. The van der Waals surface area contributed by atoms with Gasteiger partial charge in [0.1, 0.15) is 5.82 Å². The molecule has 3 heterocycles. The van der Waals surface area contributed by atoms with E-state index in [1.54, 1.807) is 0 Å². The molecule has 2 atom stereocenters. The van der Waals surface area contributed by atoms with Crippen LogP contribution in [0.4, 0.5) is 10.6 Å². The molecule has 1 aliphatic heterocycles. The van der Waals surface area contributed by atoms with Crippen molar-refractivity contribution in [2.75, 3.05) is 11.9 Å². The number of amides is 1. The first-order valence-corrected chi connectivity index (χ1v) is 8.48. The highest BCUT2D eigenvalue weighted by Gasteiger charge is 2.48. The highest BCUT2D eigenvalue weighted by Crippen LogP contribution is 2.37. The third kappa shape index (κ3) is 2.49. The van der Waals surface area contributed by atoms with Crippen LogP contribution in [-0.2, 0) is 0 Å². The largest absolute Gasteiger partial charge is 0.465 e.